The molecule has 0 aliphatic carbocycles. The first kappa shape index (κ1) is 8.57. The summed E-state index contributed by atoms with van der Waals surface area (Å²) in [6.45, 7) is 3.97. The van der Waals surface area contributed by atoms with Gasteiger partial charge in [0.25, 0.3) is 0 Å². The van der Waals surface area contributed by atoms with E-state index < -0.39 is 0 Å². The second-order valence-corrected chi connectivity index (χ2v) is 3.84. The normalized spacial score (nSPS) is 22.2. The minimum Gasteiger partial charge on any atom is -0.389 e. The van der Waals surface area contributed by atoms with Crippen LogP contribution >= 0.6 is 0 Å². The predicted molar refractivity (Wildman–Crippen MR) is 53.9 cm³/mol. The highest BCUT2D eigenvalue weighted by atomic mass is 16.3. The fourth-order valence-electron chi connectivity index (χ4n) is 1.83. The molecular formula is C11H15NO. The lowest BCUT2D eigenvalue weighted by Gasteiger charge is -2.06. The van der Waals surface area contributed by atoms with Crippen molar-refractivity contribution in [2.24, 2.45) is 0 Å². The quantitative estimate of drug-likeness (QED) is 0.688. The van der Waals surface area contributed by atoms with Crippen LogP contribution in [0.25, 0.3) is 0 Å². The second kappa shape index (κ2) is 3.04. The molecule has 0 saturated heterocycles. The largest absolute Gasteiger partial charge is 0.389 e. The molecule has 0 aromatic heterocycles. The molecule has 2 nitrogen and oxygen atoms in total. The van der Waals surface area contributed by atoms with E-state index in [0.29, 0.717) is 6.04 Å². The van der Waals surface area contributed by atoms with Gasteiger partial charge in [-0.25, -0.2) is 0 Å². The van der Waals surface area contributed by atoms with Crippen LogP contribution in [-0.2, 0) is 6.42 Å². The molecule has 0 bridgehead atoms. The van der Waals surface area contributed by atoms with Gasteiger partial charge in [-0.2, -0.15) is 0 Å². The highest BCUT2D eigenvalue weighted by Gasteiger charge is 2.17. The number of hydrogen-bond acceptors (Lipinski definition) is 2. The van der Waals surface area contributed by atoms with Crippen LogP contribution in [0, 0.1) is 0 Å². The van der Waals surface area contributed by atoms with Crippen molar-refractivity contribution in [3.63, 3.8) is 0 Å². The molecular weight excluding hydrogens is 162 g/mol. The van der Waals surface area contributed by atoms with E-state index in [1.807, 2.05) is 6.07 Å². The Morgan fingerprint density at radius 3 is 3.00 bits per heavy atom. The number of nitrogens with one attached hydrogen (secondary N) is 1. The number of anilines is 1. The molecule has 0 fully saturated rings. The molecule has 2 unspecified atom stereocenters. The average molecular weight is 177 g/mol. The van der Waals surface area contributed by atoms with Gasteiger partial charge in [0.15, 0.2) is 0 Å². The van der Waals surface area contributed by atoms with E-state index in [9.17, 15) is 5.11 Å². The number of rotatable bonds is 1. The molecule has 13 heavy (non-hydrogen) atoms. The van der Waals surface area contributed by atoms with Gasteiger partial charge in [-0.05, 0) is 37.5 Å². The van der Waals surface area contributed by atoms with Crippen LogP contribution in [0.3, 0.4) is 0 Å². The minimum atomic E-state index is -0.360. The summed E-state index contributed by atoms with van der Waals surface area (Å²) in [5.74, 6) is 0. The van der Waals surface area contributed by atoms with Gasteiger partial charge >= 0.3 is 0 Å². The Bertz CT molecular complexity index is 320. The topological polar surface area (TPSA) is 32.3 Å². The third kappa shape index (κ3) is 1.54. The maximum Gasteiger partial charge on any atom is 0.0762 e. The van der Waals surface area contributed by atoms with Crippen LogP contribution < -0.4 is 5.32 Å². The Hall–Kier alpha value is -1.02. The Labute approximate surface area is 78.6 Å². The molecule has 0 amide bonds. The first-order valence-electron chi connectivity index (χ1n) is 4.74. The lowest BCUT2D eigenvalue weighted by atomic mass is 10.0. The van der Waals surface area contributed by atoms with Gasteiger partial charge < -0.3 is 10.4 Å². The molecule has 2 rings (SSSR count). The van der Waals surface area contributed by atoms with Crippen LogP contribution in [0.4, 0.5) is 5.69 Å². The van der Waals surface area contributed by atoms with E-state index in [0.717, 1.165) is 12.0 Å². The summed E-state index contributed by atoms with van der Waals surface area (Å²) in [6.07, 6.45) is 0.705. The Morgan fingerprint density at radius 2 is 2.31 bits per heavy atom. The van der Waals surface area contributed by atoms with Gasteiger partial charge in [0.2, 0.25) is 0 Å². The van der Waals surface area contributed by atoms with Crippen LogP contribution in [0.1, 0.15) is 31.1 Å². The van der Waals surface area contributed by atoms with E-state index in [4.69, 9.17) is 0 Å². The number of hydrogen-bond donors (Lipinski definition) is 2. The van der Waals surface area contributed by atoms with Crippen molar-refractivity contribution in [1.82, 2.24) is 0 Å². The standard InChI is InChI=1S/C11H15NO/c1-7-5-10-6-9(8(2)13)3-4-11(10)12-7/h3-4,6-8,12-13H,5H2,1-2H3. The van der Waals surface area contributed by atoms with Gasteiger partial charge in [-0.3, -0.25) is 0 Å². The van der Waals surface area contributed by atoms with Crippen molar-refractivity contribution in [3.05, 3.63) is 29.3 Å². The fourth-order valence-corrected chi connectivity index (χ4v) is 1.83. The van der Waals surface area contributed by atoms with E-state index in [-0.39, 0.29) is 6.10 Å². The molecule has 0 radical (unpaired) electrons. The van der Waals surface area contributed by atoms with Crippen molar-refractivity contribution in [3.8, 4) is 0 Å². The van der Waals surface area contributed by atoms with Crippen molar-refractivity contribution in [2.45, 2.75) is 32.4 Å². The van der Waals surface area contributed by atoms with E-state index in [2.05, 4.69) is 24.4 Å². The van der Waals surface area contributed by atoms with Crippen LogP contribution in [-0.4, -0.2) is 11.1 Å². The van der Waals surface area contributed by atoms with Gasteiger partial charge in [-0.15, -0.1) is 0 Å². The van der Waals surface area contributed by atoms with E-state index in [1.54, 1.807) is 6.92 Å². The molecule has 1 aromatic rings. The first-order valence-corrected chi connectivity index (χ1v) is 4.74. The zero-order valence-electron chi connectivity index (χ0n) is 8.04. The maximum absolute atomic E-state index is 9.40. The van der Waals surface area contributed by atoms with Crippen molar-refractivity contribution < 1.29 is 5.11 Å². The lowest BCUT2D eigenvalue weighted by molar-refractivity contribution is 0.199. The van der Waals surface area contributed by atoms with Crippen LogP contribution in [0.5, 0.6) is 0 Å². The molecule has 2 N–H and O–H groups in total. The number of fused-ring (bicyclic) bond motifs is 1. The molecule has 2 atom stereocenters. The highest BCUT2D eigenvalue weighted by Crippen LogP contribution is 2.28. The molecule has 2 heteroatoms. The third-order valence-electron chi connectivity index (χ3n) is 2.54. The maximum atomic E-state index is 9.40. The Balaban J connectivity index is 2.35. The zero-order valence-corrected chi connectivity index (χ0v) is 8.04. The summed E-state index contributed by atoms with van der Waals surface area (Å²) in [5.41, 5.74) is 3.55. The Kier molecular flexibility index (Phi) is 2.00. The van der Waals surface area contributed by atoms with Crippen molar-refractivity contribution in [2.75, 3.05) is 5.32 Å². The molecule has 1 aliphatic rings. The van der Waals surface area contributed by atoms with Gasteiger partial charge in [-0.1, -0.05) is 12.1 Å². The first-order chi connectivity index (χ1) is 6.16. The Morgan fingerprint density at radius 1 is 1.54 bits per heavy atom. The summed E-state index contributed by atoms with van der Waals surface area (Å²) in [6, 6.07) is 6.66. The minimum absolute atomic E-state index is 0.360. The summed E-state index contributed by atoms with van der Waals surface area (Å²) < 4.78 is 0. The smallest absolute Gasteiger partial charge is 0.0762 e. The van der Waals surface area contributed by atoms with Gasteiger partial charge in [0, 0.05) is 11.7 Å². The number of benzene rings is 1. The van der Waals surface area contributed by atoms with Gasteiger partial charge in [0.05, 0.1) is 6.10 Å². The predicted octanol–water partition coefficient (Wildman–Crippen LogP) is 2.10. The zero-order chi connectivity index (χ0) is 9.42. The molecule has 1 heterocycles. The molecule has 0 saturated carbocycles. The van der Waals surface area contributed by atoms with E-state index in [1.165, 1.54) is 11.3 Å². The SMILES string of the molecule is CC1Cc2cc(C(C)O)ccc2N1. The summed E-state index contributed by atoms with van der Waals surface area (Å²) in [4.78, 5) is 0. The summed E-state index contributed by atoms with van der Waals surface area (Å²) in [5, 5.41) is 12.8. The molecule has 0 spiro atoms. The van der Waals surface area contributed by atoms with Crippen LogP contribution in [0.2, 0.25) is 0 Å². The van der Waals surface area contributed by atoms with E-state index >= 15 is 0 Å². The third-order valence-corrected chi connectivity index (χ3v) is 2.54. The summed E-state index contributed by atoms with van der Waals surface area (Å²) in [7, 11) is 0. The van der Waals surface area contributed by atoms with Crippen molar-refractivity contribution in [1.29, 1.82) is 0 Å². The molecule has 70 valence electrons. The number of aliphatic hydroxyl groups excluding tert-OH is 1. The molecule has 1 aliphatic heterocycles. The lowest BCUT2D eigenvalue weighted by Crippen LogP contribution is -2.08. The highest BCUT2D eigenvalue weighted by molar-refractivity contribution is 5.57. The second-order valence-electron chi connectivity index (χ2n) is 3.84. The monoisotopic (exact) mass is 177 g/mol. The molecule has 1 aromatic carbocycles. The van der Waals surface area contributed by atoms with Gasteiger partial charge in [0.1, 0.15) is 0 Å². The fraction of sp³-hybridized carbons (Fsp3) is 0.455. The van der Waals surface area contributed by atoms with Crippen LogP contribution in [0.15, 0.2) is 18.2 Å². The van der Waals surface area contributed by atoms with Crippen molar-refractivity contribution >= 4 is 5.69 Å². The average Bonchev–Trinajstić information content (AvgIpc) is 2.42. The number of aliphatic hydroxyl groups is 1. The summed E-state index contributed by atoms with van der Waals surface area (Å²) >= 11 is 0.